The average Bonchev–Trinajstić information content (AvgIpc) is 2.29. The molecule has 3 nitrogen and oxygen atoms in total. The van der Waals surface area contributed by atoms with Crippen molar-refractivity contribution in [2.24, 2.45) is 0 Å². The van der Waals surface area contributed by atoms with Crippen molar-refractivity contribution in [3.05, 3.63) is 25.3 Å². The third kappa shape index (κ3) is 1.29. The van der Waals surface area contributed by atoms with Crippen LogP contribution in [0.15, 0.2) is 21.6 Å². The Morgan fingerprint density at radius 2 is 2.08 bits per heavy atom. The predicted molar refractivity (Wildman–Crippen MR) is 61.1 cm³/mol. The van der Waals surface area contributed by atoms with Crippen LogP contribution in [0.5, 0.6) is 0 Å². The van der Waals surface area contributed by atoms with Gasteiger partial charge in [-0.2, -0.15) is 0 Å². The summed E-state index contributed by atoms with van der Waals surface area (Å²) in [6.45, 7) is 0. The summed E-state index contributed by atoms with van der Waals surface area (Å²) in [7, 11) is 0. The van der Waals surface area contributed by atoms with Crippen LogP contribution in [0.3, 0.4) is 0 Å². The highest BCUT2D eigenvalue weighted by atomic mass is 127. The Bertz CT molecular complexity index is 440. The van der Waals surface area contributed by atoms with Gasteiger partial charge in [0.1, 0.15) is 12.9 Å². The SMILES string of the molecule is Brc1nc2cncc(Br)n2c1I. The fourth-order valence-electron chi connectivity index (χ4n) is 0.903. The summed E-state index contributed by atoms with van der Waals surface area (Å²) in [6.07, 6.45) is 3.46. The van der Waals surface area contributed by atoms with Gasteiger partial charge in [-0.15, -0.1) is 0 Å². The summed E-state index contributed by atoms with van der Waals surface area (Å²) in [6, 6.07) is 0. The Balaban J connectivity index is 2.97. The van der Waals surface area contributed by atoms with Crippen molar-refractivity contribution in [1.82, 2.24) is 14.4 Å². The number of rotatable bonds is 0. The number of fused-ring (bicyclic) bond motifs is 1. The number of imidazole rings is 1. The average molecular weight is 403 g/mol. The summed E-state index contributed by atoms with van der Waals surface area (Å²) < 4.78 is 4.76. The molecule has 62 valence electrons. The van der Waals surface area contributed by atoms with Crippen LogP contribution in [0.1, 0.15) is 0 Å². The van der Waals surface area contributed by atoms with Crippen LogP contribution >= 0.6 is 54.5 Å². The molecule has 0 radical (unpaired) electrons. The van der Waals surface area contributed by atoms with Crippen LogP contribution < -0.4 is 0 Å². The molecule has 2 heterocycles. The monoisotopic (exact) mass is 401 g/mol. The minimum Gasteiger partial charge on any atom is -0.278 e. The number of aromatic nitrogens is 3. The van der Waals surface area contributed by atoms with Crippen molar-refractivity contribution in [3.63, 3.8) is 0 Å². The van der Waals surface area contributed by atoms with Gasteiger partial charge in [0.25, 0.3) is 0 Å². The van der Waals surface area contributed by atoms with E-state index in [0.717, 1.165) is 18.6 Å². The van der Waals surface area contributed by atoms with E-state index in [9.17, 15) is 0 Å². The number of halogens is 3. The van der Waals surface area contributed by atoms with E-state index in [1.165, 1.54) is 0 Å². The maximum atomic E-state index is 4.25. The Morgan fingerprint density at radius 3 is 2.75 bits per heavy atom. The van der Waals surface area contributed by atoms with E-state index in [-0.39, 0.29) is 0 Å². The van der Waals surface area contributed by atoms with Crippen LogP contribution in [0.25, 0.3) is 5.65 Å². The molecule has 0 aliphatic carbocycles. The lowest BCUT2D eigenvalue weighted by atomic mass is 10.7. The number of nitrogens with zero attached hydrogens (tertiary/aromatic N) is 3. The first-order valence-electron chi connectivity index (χ1n) is 3.03. The molecule has 2 rings (SSSR count). The normalized spacial score (nSPS) is 10.9. The molecule has 0 amide bonds. The van der Waals surface area contributed by atoms with Crippen LogP contribution in [-0.4, -0.2) is 14.4 Å². The highest BCUT2D eigenvalue weighted by Gasteiger charge is 2.08. The van der Waals surface area contributed by atoms with Gasteiger partial charge in [-0.1, -0.05) is 0 Å². The van der Waals surface area contributed by atoms with Gasteiger partial charge in [-0.05, 0) is 54.5 Å². The van der Waals surface area contributed by atoms with Gasteiger partial charge in [0.15, 0.2) is 5.65 Å². The summed E-state index contributed by atoms with van der Waals surface area (Å²) in [5.41, 5.74) is 0.834. The second-order valence-corrected chi connectivity index (χ2v) is 4.70. The summed E-state index contributed by atoms with van der Waals surface area (Å²) >= 11 is 8.97. The predicted octanol–water partition coefficient (Wildman–Crippen LogP) is 2.86. The Hall–Kier alpha value is 0.310. The van der Waals surface area contributed by atoms with E-state index in [0.29, 0.717) is 0 Å². The molecule has 12 heavy (non-hydrogen) atoms. The van der Waals surface area contributed by atoms with E-state index < -0.39 is 0 Å². The quantitative estimate of drug-likeness (QED) is 0.634. The lowest BCUT2D eigenvalue weighted by molar-refractivity contribution is 1.06. The zero-order valence-electron chi connectivity index (χ0n) is 5.63. The molecule has 6 heteroatoms. The first kappa shape index (κ1) is 8.89. The maximum absolute atomic E-state index is 4.25. The maximum Gasteiger partial charge on any atom is 0.158 e. The second-order valence-electron chi connectivity index (χ2n) is 2.12. The molecule has 2 aromatic heterocycles. The Morgan fingerprint density at radius 1 is 1.33 bits per heavy atom. The lowest BCUT2D eigenvalue weighted by Gasteiger charge is -1.96. The zero-order valence-corrected chi connectivity index (χ0v) is 11.0. The Labute approximate surface area is 99.0 Å². The molecular weight excluding hydrogens is 401 g/mol. The van der Waals surface area contributed by atoms with E-state index in [2.05, 4.69) is 64.4 Å². The minimum atomic E-state index is 0.834. The third-order valence-corrected chi connectivity index (χ3v) is 4.24. The molecule has 0 unspecified atom stereocenters. The highest BCUT2D eigenvalue weighted by molar-refractivity contribution is 14.1. The topological polar surface area (TPSA) is 30.2 Å². The van der Waals surface area contributed by atoms with Gasteiger partial charge < -0.3 is 0 Å². The van der Waals surface area contributed by atoms with Crippen molar-refractivity contribution < 1.29 is 0 Å². The standard InChI is InChI=1S/C6H2Br2IN3/c7-3-1-10-2-4-11-5(8)6(9)12(3)4/h1-2H. The van der Waals surface area contributed by atoms with Gasteiger partial charge in [-0.25, -0.2) is 4.98 Å². The van der Waals surface area contributed by atoms with E-state index in [1.54, 1.807) is 12.4 Å². The molecule has 0 aromatic carbocycles. The van der Waals surface area contributed by atoms with Crippen LogP contribution in [-0.2, 0) is 0 Å². The fraction of sp³-hybridized carbons (Fsp3) is 0. The van der Waals surface area contributed by atoms with Crippen LogP contribution in [0, 0.1) is 3.70 Å². The number of hydrogen-bond acceptors (Lipinski definition) is 2. The highest BCUT2D eigenvalue weighted by Crippen LogP contribution is 2.23. The molecule has 0 saturated heterocycles. The van der Waals surface area contributed by atoms with E-state index in [1.807, 2.05) is 4.40 Å². The van der Waals surface area contributed by atoms with Crippen molar-refractivity contribution in [2.45, 2.75) is 0 Å². The van der Waals surface area contributed by atoms with Crippen LogP contribution in [0.4, 0.5) is 0 Å². The van der Waals surface area contributed by atoms with E-state index >= 15 is 0 Å². The van der Waals surface area contributed by atoms with Crippen molar-refractivity contribution in [2.75, 3.05) is 0 Å². The van der Waals surface area contributed by atoms with Gasteiger partial charge in [0, 0.05) is 0 Å². The molecule has 0 N–H and O–H groups in total. The smallest absolute Gasteiger partial charge is 0.158 e. The fourth-order valence-corrected chi connectivity index (χ4v) is 2.70. The molecule has 2 aromatic rings. The lowest BCUT2D eigenvalue weighted by Crippen LogP contribution is -1.90. The van der Waals surface area contributed by atoms with Gasteiger partial charge in [0.2, 0.25) is 0 Å². The van der Waals surface area contributed by atoms with Crippen molar-refractivity contribution in [3.8, 4) is 0 Å². The second kappa shape index (κ2) is 3.22. The molecular formula is C6H2Br2IN3. The van der Waals surface area contributed by atoms with Crippen LogP contribution in [0.2, 0.25) is 0 Å². The molecule has 0 bridgehead atoms. The molecule has 0 aliphatic heterocycles. The summed E-state index contributed by atoms with van der Waals surface area (Å²) in [4.78, 5) is 8.27. The third-order valence-electron chi connectivity index (χ3n) is 1.39. The van der Waals surface area contributed by atoms with Gasteiger partial charge in [-0.3, -0.25) is 9.38 Å². The van der Waals surface area contributed by atoms with Gasteiger partial charge in [0.05, 0.1) is 12.4 Å². The van der Waals surface area contributed by atoms with Gasteiger partial charge >= 0.3 is 0 Å². The number of hydrogen-bond donors (Lipinski definition) is 0. The molecule has 0 atom stereocenters. The Kier molecular flexibility index (Phi) is 2.39. The molecule has 0 saturated carbocycles. The minimum absolute atomic E-state index is 0.834. The summed E-state index contributed by atoms with van der Waals surface area (Å²) in [5.74, 6) is 0. The van der Waals surface area contributed by atoms with E-state index in [4.69, 9.17) is 0 Å². The van der Waals surface area contributed by atoms with Crippen molar-refractivity contribution in [1.29, 1.82) is 0 Å². The van der Waals surface area contributed by atoms with Crippen molar-refractivity contribution >= 4 is 60.1 Å². The molecule has 0 aliphatic rings. The first-order valence-corrected chi connectivity index (χ1v) is 5.69. The zero-order chi connectivity index (χ0) is 8.72. The first-order chi connectivity index (χ1) is 5.70. The molecule has 0 spiro atoms. The molecule has 0 fully saturated rings. The summed E-state index contributed by atoms with van der Waals surface area (Å²) in [5, 5.41) is 0. The largest absolute Gasteiger partial charge is 0.278 e.